The molecule has 1 atom stereocenters. The maximum atomic E-state index is 13.2. The van der Waals surface area contributed by atoms with Crippen LogP contribution < -0.4 is 0 Å². The standard InChI is InChI=1S/C13H14ClF2NO2/c14-10-6-12(16)11(15)5-9(10)13(19)17-3-1-8(7-17)2-4-18/h5-6,8,18H,1-4,7H2. The Morgan fingerprint density at radius 1 is 1.42 bits per heavy atom. The molecule has 0 saturated carbocycles. The third kappa shape index (κ3) is 3.04. The molecule has 6 heteroatoms. The van der Waals surface area contributed by atoms with Crippen LogP contribution in [-0.2, 0) is 0 Å². The molecular weight excluding hydrogens is 276 g/mol. The van der Waals surface area contributed by atoms with Gasteiger partial charge in [-0.15, -0.1) is 0 Å². The van der Waals surface area contributed by atoms with Gasteiger partial charge >= 0.3 is 0 Å². The molecule has 1 saturated heterocycles. The molecule has 1 aromatic carbocycles. The summed E-state index contributed by atoms with van der Waals surface area (Å²) in [5, 5.41) is 8.78. The van der Waals surface area contributed by atoms with Crippen molar-refractivity contribution in [2.24, 2.45) is 5.92 Å². The van der Waals surface area contributed by atoms with Crippen molar-refractivity contribution in [3.05, 3.63) is 34.4 Å². The lowest BCUT2D eigenvalue weighted by Crippen LogP contribution is -2.29. The molecule has 1 amide bonds. The maximum absolute atomic E-state index is 13.2. The van der Waals surface area contributed by atoms with Crippen LogP contribution in [0.1, 0.15) is 23.2 Å². The van der Waals surface area contributed by atoms with E-state index in [1.807, 2.05) is 0 Å². The fraction of sp³-hybridized carbons (Fsp3) is 0.462. The Labute approximate surface area is 114 Å². The zero-order valence-electron chi connectivity index (χ0n) is 10.2. The molecular formula is C13H14ClF2NO2. The lowest BCUT2D eigenvalue weighted by molar-refractivity contribution is 0.0784. The quantitative estimate of drug-likeness (QED) is 0.869. The number of rotatable bonds is 3. The smallest absolute Gasteiger partial charge is 0.255 e. The van der Waals surface area contributed by atoms with Crippen molar-refractivity contribution in [1.82, 2.24) is 4.90 Å². The second-order valence-electron chi connectivity index (χ2n) is 4.66. The van der Waals surface area contributed by atoms with E-state index in [0.29, 0.717) is 19.5 Å². The number of amides is 1. The Balaban J connectivity index is 2.15. The highest BCUT2D eigenvalue weighted by atomic mass is 35.5. The van der Waals surface area contributed by atoms with Gasteiger partial charge in [0.25, 0.3) is 5.91 Å². The third-order valence-corrected chi connectivity index (χ3v) is 3.66. The van der Waals surface area contributed by atoms with Crippen molar-refractivity contribution in [2.45, 2.75) is 12.8 Å². The summed E-state index contributed by atoms with van der Waals surface area (Å²) in [5.74, 6) is -2.30. The zero-order chi connectivity index (χ0) is 14.0. The summed E-state index contributed by atoms with van der Waals surface area (Å²) in [5.41, 5.74) is -0.0229. The molecule has 0 bridgehead atoms. The maximum Gasteiger partial charge on any atom is 0.255 e. The predicted molar refractivity (Wildman–Crippen MR) is 67.1 cm³/mol. The van der Waals surface area contributed by atoms with E-state index < -0.39 is 17.5 Å². The molecule has 0 spiro atoms. The first-order valence-corrected chi connectivity index (χ1v) is 6.45. The average molecular weight is 290 g/mol. The van der Waals surface area contributed by atoms with E-state index in [9.17, 15) is 13.6 Å². The van der Waals surface area contributed by atoms with Crippen LogP contribution in [0.5, 0.6) is 0 Å². The molecule has 19 heavy (non-hydrogen) atoms. The van der Waals surface area contributed by atoms with Gasteiger partial charge in [-0.3, -0.25) is 4.79 Å². The predicted octanol–water partition coefficient (Wildman–Crippen LogP) is 2.46. The fourth-order valence-electron chi connectivity index (χ4n) is 2.29. The number of nitrogens with zero attached hydrogens (tertiary/aromatic N) is 1. The lowest BCUT2D eigenvalue weighted by atomic mass is 10.1. The molecule has 0 radical (unpaired) electrons. The summed E-state index contributed by atoms with van der Waals surface area (Å²) in [6.45, 7) is 1.13. The fourth-order valence-corrected chi connectivity index (χ4v) is 2.52. The number of halogens is 3. The van der Waals surface area contributed by atoms with Crippen LogP contribution in [0.4, 0.5) is 8.78 Å². The van der Waals surface area contributed by atoms with E-state index in [4.69, 9.17) is 16.7 Å². The Morgan fingerprint density at radius 3 is 2.79 bits per heavy atom. The number of aliphatic hydroxyl groups is 1. The SMILES string of the molecule is O=C(c1cc(F)c(F)cc1Cl)N1CCC(CCO)C1. The van der Waals surface area contributed by atoms with Gasteiger partial charge in [-0.05, 0) is 30.9 Å². The first-order chi connectivity index (χ1) is 9.02. The monoisotopic (exact) mass is 289 g/mol. The van der Waals surface area contributed by atoms with Crippen LogP contribution in [0.2, 0.25) is 5.02 Å². The highest BCUT2D eigenvalue weighted by Gasteiger charge is 2.28. The van der Waals surface area contributed by atoms with Gasteiger partial charge in [0.05, 0.1) is 10.6 Å². The largest absolute Gasteiger partial charge is 0.396 e. The number of benzene rings is 1. The van der Waals surface area contributed by atoms with Gasteiger partial charge in [0, 0.05) is 19.7 Å². The van der Waals surface area contributed by atoms with Gasteiger partial charge < -0.3 is 10.0 Å². The van der Waals surface area contributed by atoms with E-state index in [1.165, 1.54) is 0 Å². The van der Waals surface area contributed by atoms with Crippen LogP contribution in [-0.4, -0.2) is 35.6 Å². The first kappa shape index (κ1) is 14.2. The van der Waals surface area contributed by atoms with Crippen molar-refractivity contribution < 1.29 is 18.7 Å². The molecule has 1 unspecified atom stereocenters. The second kappa shape index (κ2) is 5.84. The summed E-state index contributed by atoms with van der Waals surface area (Å²) in [4.78, 5) is 13.7. The van der Waals surface area contributed by atoms with E-state index >= 15 is 0 Å². The van der Waals surface area contributed by atoms with Crippen molar-refractivity contribution in [2.75, 3.05) is 19.7 Å². The van der Waals surface area contributed by atoms with Crippen LogP contribution in [0.3, 0.4) is 0 Å². The van der Waals surface area contributed by atoms with Crippen molar-refractivity contribution in [1.29, 1.82) is 0 Å². The molecule has 104 valence electrons. The Hall–Kier alpha value is -1.20. The molecule has 1 aliphatic rings. The van der Waals surface area contributed by atoms with E-state index in [1.54, 1.807) is 4.90 Å². The number of carbonyl (C=O) groups excluding carboxylic acids is 1. The van der Waals surface area contributed by atoms with Gasteiger partial charge in [-0.25, -0.2) is 8.78 Å². The molecule has 1 N–H and O–H groups in total. The molecule has 1 aromatic rings. The summed E-state index contributed by atoms with van der Waals surface area (Å²) in [6.07, 6.45) is 1.43. The summed E-state index contributed by atoms with van der Waals surface area (Å²) in [7, 11) is 0. The molecule has 3 nitrogen and oxygen atoms in total. The molecule has 1 fully saturated rings. The molecule has 1 heterocycles. The Morgan fingerprint density at radius 2 is 2.11 bits per heavy atom. The number of likely N-dealkylation sites (tertiary alicyclic amines) is 1. The summed E-state index contributed by atoms with van der Waals surface area (Å²) in [6, 6.07) is 1.64. The van der Waals surface area contributed by atoms with Crippen LogP contribution in [0.15, 0.2) is 12.1 Å². The number of aliphatic hydroxyl groups excluding tert-OH is 1. The third-order valence-electron chi connectivity index (χ3n) is 3.35. The van der Waals surface area contributed by atoms with Gasteiger partial charge in [0.15, 0.2) is 11.6 Å². The van der Waals surface area contributed by atoms with Gasteiger partial charge in [0.2, 0.25) is 0 Å². The van der Waals surface area contributed by atoms with Crippen LogP contribution >= 0.6 is 11.6 Å². The molecule has 2 rings (SSSR count). The van der Waals surface area contributed by atoms with Crippen LogP contribution in [0.25, 0.3) is 0 Å². The number of carbonyl (C=O) groups is 1. The average Bonchev–Trinajstić information content (AvgIpc) is 2.82. The topological polar surface area (TPSA) is 40.5 Å². The second-order valence-corrected chi connectivity index (χ2v) is 5.07. The minimum absolute atomic E-state index is 0.0229. The summed E-state index contributed by atoms with van der Waals surface area (Å²) >= 11 is 5.78. The van der Waals surface area contributed by atoms with Crippen molar-refractivity contribution in [3.8, 4) is 0 Å². The molecule has 1 aliphatic heterocycles. The minimum atomic E-state index is -1.08. The van der Waals surface area contributed by atoms with Crippen LogP contribution in [0, 0.1) is 17.6 Å². The van der Waals surface area contributed by atoms with Gasteiger partial charge in [0.1, 0.15) is 0 Å². The Bertz CT molecular complexity index is 496. The van der Waals surface area contributed by atoms with E-state index in [-0.39, 0.29) is 23.1 Å². The van der Waals surface area contributed by atoms with E-state index in [0.717, 1.165) is 18.6 Å². The highest BCUT2D eigenvalue weighted by molar-refractivity contribution is 6.33. The summed E-state index contributed by atoms with van der Waals surface area (Å²) < 4.78 is 26.1. The highest BCUT2D eigenvalue weighted by Crippen LogP contribution is 2.25. The Kier molecular flexibility index (Phi) is 4.37. The molecule has 0 aliphatic carbocycles. The molecule has 0 aromatic heterocycles. The first-order valence-electron chi connectivity index (χ1n) is 6.07. The normalized spacial score (nSPS) is 18.9. The zero-order valence-corrected chi connectivity index (χ0v) is 11.0. The lowest BCUT2D eigenvalue weighted by Gasteiger charge is -2.17. The van der Waals surface area contributed by atoms with Crippen molar-refractivity contribution in [3.63, 3.8) is 0 Å². The van der Waals surface area contributed by atoms with Gasteiger partial charge in [-0.2, -0.15) is 0 Å². The van der Waals surface area contributed by atoms with Gasteiger partial charge in [-0.1, -0.05) is 11.6 Å². The van der Waals surface area contributed by atoms with Crippen molar-refractivity contribution >= 4 is 17.5 Å². The number of hydrogen-bond donors (Lipinski definition) is 1. The number of hydrogen-bond acceptors (Lipinski definition) is 2. The van der Waals surface area contributed by atoms with E-state index in [2.05, 4.69) is 0 Å². The minimum Gasteiger partial charge on any atom is -0.396 e.